The Morgan fingerprint density at radius 1 is 0.925 bits per heavy atom. The molecular weight excluding hydrogens is 498 g/mol. The molecule has 7 rings (SSSR count). The van der Waals surface area contributed by atoms with Gasteiger partial charge in [0.05, 0.1) is 22.9 Å². The highest BCUT2D eigenvalue weighted by Crippen LogP contribution is 2.33. The van der Waals surface area contributed by atoms with Crippen LogP contribution in [0, 0.1) is 5.92 Å². The van der Waals surface area contributed by atoms with Crippen LogP contribution in [0.4, 0.5) is 5.69 Å². The van der Waals surface area contributed by atoms with Gasteiger partial charge < -0.3 is 15.6 Å². The summed E-state index contributed by atoms with van der Waals surface area (Å²) >= 11 is 0. The fourth-order valence-corrected chi connectivity index (χ4v) is 5.52. The minimum absolute atomic E-state index is 0.643. The molecule has 0 atom stereocenters. The first kappa shape index (κ1) is 24.2. The van der Waals surface area contributed by atoms with Gasteiger partial charge in [0.25, 0.3) is 0 Å². The number of rotatable bonds is 7. The van der Waals surface area contributed by atoms with E-state index < -0.39 is 0 Å². The van der Waals surface area contributed by atoms with E-state index in [1.807, 2.05) is 36.7 Å². The number of pyridine rings is 3. The molecule has 5 aromatic heterocycles. The molecule has 9 heteroatoms. The number of piperidine rings is 1. The predicted molar refractivity (Wildman–Crippen MR) is 158 cm³/mol. The highest BCUT2D eigenvalue weighted by Gasteiger charge is 2.17. The number of nitrogens with one attached hydrogen (secondary N) is 4. The molecule has 9 nitrogen and oxygen atoms in total. The Labute approximate surface area is 231 Å². The fourth-order valence-electron chi connectivity index (χ4n) is 5.52. The minimum Gasteiger partial charge on any atom is -0.358 e. The van der Waals surface area contributed by atoms with Gasteiger partial charge in [-0.15, -0.1) is 0 Å². The maximum Gasteiger partial charge on any atom is 0.178 e. The van der Waals surface area contributed by atoms with E-state index in [9.17, 15) is 0 Å². The molecule has 198 valence electrons. The predicted octanol–water partition coefficient (Wildman–Crippen LogP) is 5.94. The highest BCUT2D eigenvalue weighted by atomic mass is 15.1. The van der Waals surface area contributed by atoms with E-state index >= 15 is 0 Å². The van der Waals surface area contributed by atoms with Gasteiger partial charge in [-0.2, -0.15) is 5.10 Å². The van der Waals surface area contributed by atoms with Crippen molar-refractivity contribution in [1.82, 2.24) is 40.4 Å². The van der Waals surface area contributed by atoms with Crippen molar-refractivity contribution in [3.8, 4) is 33.8 Å². The summed E-state index contributed by atoms with van der Waals surface area (Å²) in [7, 11) is 0. The zero-order valence-electron chi connectivity index (χ0n) is 22.0. The van der Waals surface area contributed by atoms with Crippen LogP contribution in [0.1, 0.15) is 19.3 Å². The average Bonchev–Trinajstić information content (AvgIpc) is 3.62. The Hall–Kier alpha value is -4.89. The summed E-state index contributed by atoms with van der Waals surface area (Å²) in [5.41, 5.74) is 9.27. The van der Waals surface area contributed by atoms with Gasteiger partial charge in [0.2, 0.25) is 0 Å². The molecule has 1 aromatic carbocycles. The standard InChI is InChI=1S/C31H29N9/c1-19(14-20-4-9-32-10-5-20)36-24-15-23(17-34-18-24)22-2-3-27-26(16-22)29(40-39-27)31-37-28-25(8-13-35-30(28)38-31)21-6-11-33-12-7-21/h2-3,6-8,11-13,15-18,20,32,36H,1,4-5,9-10,14H2,(H,39,40)(H,35,37,38). The van der Waals surface area contributed by atoms with Crippen molar-refractivity contribution < 1.29 is 0 Å². The van der Waals surface area contributed by atoms with Gasteiger partial charge in [0.15, 0.2) is 11.5 Å². The quantitative estimate of drug-likeness (QED) is 0.203. The van der Waals surface area contributed by atoms with Crippen LogP contribution in [0.2, 0.25) is 0 Å². The average molecular weight is 528 g/mol. The molecule has 1 fully saturated rings. The Morgan fingerprint density at radius 3 is 2.67 bits per heavy atom. The molecule has 1 saturated heterocycles. The highest BCUT2D eigenvalue weighted by molar-refractivity contribution is 5.97. The molecule has 4 N–H and O–H groups in total. The second kappa shape index (κ2) is 10.3. The van der Waals surface area contributed by atoms with Crippen molar-refractivity contribution in [2.45, 2.75) is 19.3 Å². The molecule has 1 aliphatic rings. The normalized spacial score (nSPS) is 14.1. The van der Waals surface area contributed by atoms with Crippen molar-refractivity contribution in [2.24, 2.45) is 5.92 Å². The molecule has 0 unspecified atom stereocenters. The maximum atomic E-state index is 4.79. The second-order valence-corrected chi connectivity index (χ2v) is 10.3. The summed E-state index contributed by atoms with van der Waals surface area (Å²) < 4.78 is 0. The number of hydrogen-bond donors (Lipinski definition) is 4. The molecule has 0 saturated carbocycles. The van der Waals surface area contributed by atoms with E-state index in [1.165, 1.54) is 12.8 Å². The number of allylic oxidation sites excluding steroid dienone is 1. The molecule has 0 bridgehead atoms. The van der Waals surface area contributed by atoms with Crippen LogP contribution in [0.5, 0.6) is 0 Å². The molecule has 0 radical (unpaired) electrons. The first-order valence-electron chi connectivity index (χ1n) is 13.6. The topological polar surface area (TPSA) is 120 Å². The number of hydrogen-bond acceptors (Lipinski definition) is 7. The van der Waals surface area contributed by atoms with Gasteiger partial charge in [-0.3, -0.25) is 15.1 Å². The third-order valence-corrected chi connectivity index (χ3v) is 7.56. The van der Waals surface area contributed by atoms with E-state index in [1.54, 1.807) is 18.6 Å². The van der Waals surface area contributed by atoms with Crippen LogP contribution >= 0.6 is 0 Å². The lowest BCUT2D eigenvalue weighted by Crippen LogP contribution is -2.28. The Bertz CT molecular complexity index is 1810. The Balaban J connectivity index is 1.19. The number of anilines is 1. The number of nitrogens with zero attached hydrogens (tertiary/aromatic N) is 5. The smallest absolute Gasteiger partial charge is 0.178 e. The lowest BCUT2D eigenvalue weighted by Gasteiger charge is -2.23. The summed E-state index contributed by atoms with van der Waals surface area (Å²) in [5, 5.41) is 15.6. The summed E-state index contributed by atoms with van der Waals surface area (Å²) in [6.45, 7) is 6.45. The van der Waals surface area contributed by atoms with Crippen molar-refractivity contribution >= 4 is 27.8 Å². The van der Waals surface area contributed by atoms with E-state index in [-0.39, 0.29) is 0 Å². The number of aromatic amines is 2. The molecule has 6 heterocycles. The fraction of sp³-hybridized carbons (Fsp3) is 0.194. The number of fused-ring (bicyclic) bond motifs is 2. The monoisotopic (exact) mass is 527 g/mol. The van der Waals surface area contributed by atoms with Crippen molar-refractivity contribution in [3.63, 3.8) is 0 Å². The van der Waals surface area contributed by atoms with Crippen molar-refractivity contribution in [3.05, 3.63) is 85.7 Å². The number of H-pyrrole nitrogens is 2. The second-order valence-electron chi connectivity index (χ2n) is 10.3. The molecular formula is C31H29N9. The molecule has 0 spiro atoms. The van der Waals surface area contributed by atoms with Crippen LogP contribution in [-0.4, -0.2) is 48.2 Å². The van der Waals surface area contributed by atoms with Gasteiger partial charge >= 0.3 is 0 Å². The summed E-state index contributed by atoms with van der Waals surface area (Å²) in [4.78, 5) is 21.4. The number of benzene rings is 1. The van der Waals surface area contributed by atoms with E-state index in [4.69, 9.17) is 4.98 Å². The third-order valence-electron chi connectivity index (χ3n) is 7.56. The van der Waals surface area contributed by atoms with Gasteiger partial charge in [0.1, 0.15) is 5.69 Å². The lowest BCUT2D eigenvalue weighted by atomic mass is 9.93. The van der Waals surface area contributed by atoms with Gasteiger partial charge in [-0.05, 0) is 85.8 Å². The summed E-state index contributed by atoms with van der Waals surface area (Å²) in [6, 6.07) is 14.3. The largest absolute Gasteiger partial charge is 0.358 e. The van der Waals surface area contributed by atoms with Crippen LogP contribution in [0.25, 0.3) is 55.8 Å². The van der Waals surface area contributed by atoms with Crippen LogP contribution in [-0.2, 0) is 0 Å². The molecule has 40 heavy (non-hydrogen) atoms. The van der Waals surface area contributed by atoms with Crippen molar-refractivity contribution in [2.75, 3.05) is 18.4 Å². The van der Waals surface area contributed by atoms with Gasteiger partial charge in [-0.1, -0.05) is 12.6 Å². The SMILES string of the molecule is C=C(CC1CCNCC1)Nc1cncc(-c2ccc3[nH]nc(-c4nc5nccc(-c6ccncc6)c5[nH]4)c3c2)c1. The molecule has 0 aliphatic carbocycles. The van der Waals surface area contributed by atoms with Gasteiger partial charge in [-0.25, -0.2) is 9.97 Å². The number of imidazole rings is 1. The molecule has 1 aliphatic heterocycles. The lowest BCUT2D eigenvalue weighted by molar-refractivity contribution is 0.373. The van der Waals surface area contributed by atoms with E-state index in [0.29, 0.717) is 17.4 Å². The van der Waals surface area contributed by atoms with Crippen LogP contribution < -0.4 is 10.6 Å². The first-order valence-corrected chi connectivity index (χ1v) is 13.6. The number of aromatic nitrogens is 7. The summed E-state index contributed by atoms with van der Waals surface area (Å²) in [5.74, 6) is 1.34. The Morgan fingerprint density at radius 2 is 1.80 bits per heavy atom. The zero-order chi connectivity index (χ0) is 26.9. The third kappa shape index (κ3) is 4.71. The minimum atomic E-state index is 0.643. The van der Waals surface area contributed by atoms with Crippen LogP contribution in [0.3, 0.4) is 0 Å². The summed E-state index contributed by atoms with van der Waals surface area (Å²) in [6.07, 6.45) is 12.4. The van der Waals surface area contributed by atoms with Gasteiger partial charge in [0, 0.05) is 47.0 Å². The van der Waals surface area contributed by atoms with Crippen LogP contribution in [0.15, 0.2) is 85.7 Å². The zero-order valence-corrected chi connectivity index (χ0v) is 22.0. The maximum absolute atomic E-state index is 4.79. The first-order chi connectivity index (χ1) is 19.7. The van der Waals surface area contributed by atoms with E-state index in [0.717, 1.165) is 75.3 Å². The van der Waals surface area contributed by atoms with Crippen molar-refractivity contribution in [1.29, 1.82) is 0 Å². The molecule has 0 amide bonds. The van der Waals surface area contributed by atoms with E-state index in [2.05, 4.69) is 65.5 Å². The Kier molecular flexibility index (Phi) is 6.25. The molecule has 6 aromatic rings.